The molecule has 0 spiro atoms. The van der Waals surface area contributed by atoms with Crippen LogP contribution in [0.1, 0.15) is 64.2 Å². The molecular formula is C17H30N2O. The maximum Gasteiger partial charge on any atom is 0.225 e. The molecule has 2 unspecified atom stereocenters. The predicted octanol–water partition coefficient (Wildman–Crippen LogP) is 2.95. The van der Waals surface area contributed by atoms with Crippen molar-refractivity contribution in [1.82, 2.24) is 10.2 Å². The van der Waals surface area contributed by atoms with E-state index in [9.17, 15) is 4.79 Å². The second-order valence-corrected chi connectivity index (χ2v) is 7.04. The van der Waals surface area contributed by atoms with E-state index >= 15 is 0 Å². The van der Waals surface area contributed by atoms with Crippen LogP contribution in [0.25, 0.3) is 0 Å². The number of rotatable bonds is 2. The summed E-state index contributed by atoms with van der Waals surface area (Å²) < 4.78 is 0. The number of carbonyl (C=O) groups excluding carboxylic acids is 1. The van der Waals surface area contributed by atoms with Crippen molar-refractivity contribution in [2.75, 3.05) is 19.6 Å². The van der Waals surface area contributed by atoms with Gasteiger partial charge in [0.05, 0.1) is 0 Å². The van der Waals surface area contributed by atoms with Crippen LogP contribution in [0.3, 0.4) is 0 Å². The summed E-state index contributed by atoms with van der Waals surface area (Å²) in [5.74, 6) is 1.55. The maximum atomic E-state index is 12.9. The van der Waals surface area contributed by atoms with Gasteiger partial charge in [0.25, 0.3) is 0 Å². The van der Waals surface area contributed by atoms with E-state index in [1.807, 2.05) is 0 Å². The monoisotopic (exact) mass is 278 g/mol. The second-order valence-electron chi connectivity index (χ2n) is 7.04. The molecule has 2 heterocycles. The number of carbonyl (C=O) groups is 1. The number of hydrogen-bond donors (Lipinski definition) is 1. The van der Waals surface area contributed by atoms with E-state index in [-0.39, 0.29) is 0 Å². The molecule has 3 fully saturated rings. The first-order chi connectivity index (χ1) is 9.86. The summed E-state index contributed by atoms with van der Waals surface area (Å²) in [5.41, 5.74) is 0. The molecule has 0 bridgehead atoms. The molecule has 3 heteroatoms. The predicted molar refractivity (Wildman–Crippen MR) is 81.5 cm³/mol. The molecule has 2 saturated heterocycles. The molecule has 0 aromatic heterocycles. The Bertz CT molecular complexity index is 317. The highest BCUT2D eigenvalue weighted by Crippen LogP contribution is 2.32. The maximum absolute atomic E-state index is 12.9. The molecule has 2 aliphatic heterocycles. The van der Waals surface area contributed by atoms with Gasteiger partial charge in [-0.2, -0.15) is 0 Å². The zero-order valence-corrected chi connectivity index (χ0v) is 12.8. The lowest BCUT2D eigenvalue weighted by Gasteiger charge is -2.36. The van der Waals surface area contributed by atoms with Crippen molar-refractivity contribution in [2.24, 2.45) is 11.8 Å². The molecule has 20 heavy (non-hydrogen) atoms. The van der Waals surface area contributed by atoms with E-state index < -0.39 is 0 Å². The third-order valence-electron chi connectivity index (χ3n) is 5.67. The van der Waals surface area contributed by atoms with Crippen LogP contribution in [0.4, 0.5) is 0 Å². The Morgan fingerprint density at radius 1 is 0.900 bits per heavy atom. The van der Waals surface area contributed by atoms with Gasteiger partial charge in [-0.15, -0.1) is 0 Å². The third-order valence-corrected chi connectivity index (χ3v) is 5.67. The Morgan fingerprint density at radius 2 is 1.70 bits per heavy atom. The van der Waals surface area contributed by atoms with Crippen molar-refractivity contribution in [2.45, 2.75) is 70.3 Å². The van der Waals surface area contributed by atoms with E-state index in [0.717, 1.165) is 25.9 Å². The minimum absolute atomic E-state index is 0.342. The van der Waals surface area contributed by atoms with E-state index in [1.165, 1.54) is 57.9 Å². The molecule has 114 valence electrons. The molecule has 3 rings (SSSR count). The molecule has 3 nitrogen and oxygen atoms in total. The largest absolute Gasteiger partial charge is 0.339 e. The van der Waals surface area contributed by atoms with Gasteiger partial charge in [0.1, 0.15) is 0 Å². The fourth-order valence-corrected chi connectivity index (χ4v) is 4.52. The van der Waals surface area contributed by atoms with Gasteiger partial charge in [0.15, 0.2) is 0 Å². The molecule has 2 atom stereocenters. The smallest absolute Gasteiger partial charge is 0.225 e. The van der Waals surface area contributed by atoms with Crippen LogP contribution in [0.2, 0.25) is 0 Å². The summed E-state index contributed by atoms with van der Waals surface area (Å²) in [7, 11) is 0. The van der Waals surface area contributed by atoms with Crippen LogP contribution in [-0.2, 0) is 4.79 Å². The van der Waals surface area contributed by atoms with Crippen molar-refractivity contribution in [3.63, 3.8) is 0 Å². The van der Waals surface area contributed by atoms with Gasteiger partial charge in [0, 0.05) is 18.5 Å². The number of piperidine rings is 1. The first-order valence-corrected chi connectivity index (χ1v) is 8.87. The lowest BCUT2D eigenvalue weighted by atomic mass is 9.89. The minimum Gasteiger partial charge on any atom is -0.339 e. The van der Waals surface area contributed by atoms with Crippen molar-refractivity contribution >= 4 is 5.91 Å². The summed E-state index contributed by atoms with van der Waals surface area (Å²) in [5, 5.41) is 3.52. The van der Waals surface area contributed by atoms with Gasteiger partial charge in [-0.25, -0.2) is 0 Å². The highest BCUT2D eigenvalue weighted by molar-refractivity contribution is 5.79. The highest BCUT2D eigenvalue weighted by Gasteiger charge is 2.37. The molecule has 3 aliphatic rings. The Labute approximate surface area is 123 Å². The van der Waals surface area contributed by atoms with E-state index in [2.05, 4.69) is 10.2 Å². The summed E-state index contributed by atoms with van der Waals surface area (Å²) >= 11 is 0. The topological polar surface area (TPSA) is 32.3 Å². The minimum atomic E-state index is 0.342. The highest BCUT2D eigenvalue weighted by atomic mass is 16.2. The number of nitrogens with zero attached hydrogens (tertiary/aromatic N) is 1. The van der Waals surface area contributed by atoms with Gasteiger partial charge in [-0.05, 0) is 57.5 Å². The van der Waals surface area contributed by atoms with Crippen molar-refractivity contribution in [3.05, 3.63) is 0 Å². The summed E-state index contributed by atoms with van der Waals surface area (Å²) in [6.45, 7) is 3.31. The van der Waals surface area contributed by atoms with Crippen LogP contribution in [-0.4, -0.2) is 36.5 Å². The standard InChI is InChI=1S/C17H30N2O/c20-17(14-7-3-1-2-4-8-14)19-12-6-10-16(19)15-9-5-11-18-13-15/h14-16,18H,1-13H2. The van der Waals surface area contributed by atoms with Crippen molar-refractivity contribution < 1.29 is 4.79 Å². The molecule has 1 N–H and O–H groups in total. The van der Waals surface area contributed by atoms with Crippen LogP contribution >= 0.6 is 0 Å². The third kappa shape index (κ3) is 3.19. The summed E-state index contributed by atoms with van der Waals surface area (Å²) in [6, 6.07) is 0.540. The Balaban J connectivity index is 1.62. The second kappa shape index (κ2) is 6.93. The molecule has 1 saturated carbocycles. The van der Waals surface area contributed by atoms with Gasteiger partial charge < -0.3 is 10.2 Å². The number of nitrogens with one attached hydrogen (secondary N) is 1. The Hall–Kier alpha value is -0.570. The molecule has 0 aromatic rings. The van der Waals surface area contributed by atoms with E-state index in [1.54, 1.807) is 0 Å². The lowest BCUT2D eigenvalue weighted by molar-refractivity contribution is -0.137. The zero-order chi connectivity index (χ0) is 13.8. The van der Waals surface area contributed by atoms with Gasteiger partial charge in [0.2, 0.25) is 5.91 Å². The van der Waals surface area contributed by atoms with Crippen molar-refractivity contribution in [1.29, 1.82) is 0 Å². The van der Waals surface area contributed by atoms with E-state index in [0.29, 0.717) is 23.8 Å². The first-order valence-electron chi connectivity index (χ1n) is 8.87. The van der Waals surface area contributed by atoms with Gasteiger partial charge >= 0.3 is 0 Å². The fourth-order valence-electron chi connectivity index (χ4n) is 4.52. The van der Waals surface area contributed by atoms with Crippen LogP contribution < -0.4 is 5.32 Å². The molecular weight excluding hydrogens is 248 g/mol. The van der Waals surface area contributed by atoms with Gasteiger partial charge in [-0.3, -0.25) is 4.79 Å². The van der Waals surface area contributed by atoms with Crippen LogP contribution in [0, 0.1) is 11.8 Å². The molecule has 1 amide bonds. The summed E-state index contributed by atoms with van der Waals surface area (Å²) in [4.78, 5) is 15.2. The first kappa shape index (κ1) is 14.4. The van der Waals surface area contributed by atoms with Crippen LogP contribution in [0.5, 0.6) is 0 Å². The van der Waals surface area contributed by atoms with E-state index in [4.69, 9.17) is 0 Å². The van der Waals surface area contributed by atoms with Crippen molar-refractivity contribution in [3.8, 4) is 0 Å². The molecule has 0 radical (unpaired) electrons. The zero-order valence-electron chi connectivity index (χ0n) is 12.8. The quantitative estimate of drug-likeness (QED) is 0.788. The molecule has 1 aliphatic carbocycles. The SMILES string of the molecule is O=C(C1CCCCCC1)N1CCCC1C1CCCNC1. The van der Waals surface area contributed by atoms with Gasteiger partial charge in [-0.1, -0.05) is 25.7 Å². The lowest BCUT2D eigenvalue weighted by Crippen LogP contribution is -2.47. The molecule has 0 aromatic carbocycles. The fraction of sp³-hybridized carbons (Fsp3) is 0.941. The summed E-state index contributed by atoms with van der Waals surface area (Å²) in [6.07, 6.45) is 12.5. The van der Waals surface area contributed by atoms with Crippen LogP contribution in [0.15, 0.2) is 0 Å². The normalized spacial score (nSPS) is 33.1. The number of likely N-dealkylation sites (tertiary alicyclic amines) is 1. The number of hydrogen-bond acceptors (Lipinski definition) is 2. The average Bonchev–Trinajstić information content (AvgIpc) is 2.82. The Kier molecular flexibility index (Phi) is 4.98. The Morgan fingerprint density at radius 3 is 2.40 bits per heavy atom. The number of amides is 1. The average molecular weight is 278 g/mol.